The van der Waals surface area contributed by atoms with E-state index in [1.165, 1.54) is 0 Å². The summed E-state index contributed by atoms with van der Waals surface area (Å²) in [5.41, 5.74) is -2.02. The van der Waals surface area contributed by atoms with Crippen LogP contribution in [-0.2, 0) is 33.4 Å². The Balaban J connectivity index is 1.61. The highest BCUT2D eigenvalue weighted by Crippen LogP contribution is 2.62. The van der Waals surface area contributed by atoms with Crippen molar-refractivity contribution in [2.45, 2.75) is 88.7 Å². The van der Waals surface area contributed by atoms with E-state index in [0.717, 1.165) is 12.8 Å². The minimum atomic E-state index is -1.07. The van der Waals surface area contributed by atoms with Gasteiger partial charge in [0.25, 0.3) is 5.91 Å². The van der Waals surface area contributed by atoms with Crippen molar-refractivity contribution >= 4 is 23.6 Å². The number of hydrogen-bond acceptors (Lipinski definition) is 7. The highest BCUT2D eigenvalue weighted by Gasteiger charge is 2.81. The summed E-state index contributed by atoms with van der Waals surface area (Å²) in [6.07, 6.45) is 1.92. The average Bonchev–Trinajstić information content (AvgIpc) is 3.19. The fourth-order valence-electron chi connectivity index (χ4n) is 6.36. The van der Waals surface area contributed by atoms with E-state index in [9.17, 15) is 19.2 Å². The number of fused-ring (bicyclic) bond motifs is 3. The molecule has 5 saturated heterocycles. The summed E-state index contributed by atoms with van der Waals surface area (Å²) in [5, 5.41) is 0. The molecule has 8 heteroatoms. The lowest BCUT2D eigenvalue weighted by Crippen LogP contribution is -2.53. The minimum absolute atomic E-state index is 0.0639. The molecular formula is C22H29NO7. The number of hydrogen-bond donors (Lipinski definition) is 0. The summed E-state index contributed by atoms with van der Waals surface area (Å²) in [7, 11) is 0. The molecule has 30 heavy (non-hydrogen) atoms. The number of epoxide rings is 1. The third-order valence-corrected chi connectivity index (χ3v) is 8.11. The highest BCUT2D eigenvalue weighted by molar-refractivity contribution is 5.96. The smallest absolute Gasteiger partial charge is 0.309 e. The second-order valence-corrected chi connectivity index (χ2v) is 9.65. The molecule has 0 unspecified atom stereocenters. The van der Waals surface area contributed by atoms with Gasteiger partial charge < -0.3 is 19.1 Å². The Morgan fingerprint density at radius 1 is 1.07 bits per heavy atom. The number of nitrogens with zero attached hydrogens (tertiary/aromatic N) is 1. The van der Waals surface area contributed by atoms with E-state index in [1.807, 2.05) is 6.92 Å². The predicted molar refractivity (Wildman–Crippen MR) is 102 cm³/mol. The van der Waals surface area contributed by atoms with Gasteiger partial charge in [-0.25, -0.2) is 0 Å². The SMILES string of the molecule is CC[C@@]12O[C@@]13CCCCN(C3=O)[C@H]([C@@H]1C[C@H](C)C(=O)O1)CC(=O)[C@@H]1[C@H](C)C(=O)O[C@H]12. The van der Waals surface area contributed by atoms with Gasteiger partial charge in [-0.1, -0.05) is 20.8 Å². The van der Waals surface area contributed by atoms with Crippen molar-refractivity contribution in [2.24, 2.45) is 17.8 Å². The van der Waals surface area contributed by atoms with Crippen LogP contribution in [0.2, 0.25) is 0 Å². The van der Waals surface area contributed by atoms with E-state index in [4.69, 9.17) is 14.2 Å². The van der Waals surface area contributed by atoms with Crippen LogP contribution in [0.1, 0.15) is 59.3 Å². The number of esters is 2. The predicted octanol–water partition coefficient (Wildman–Crippen LogP) is 1.39. The van der Waals surface area contributed by atoms with Crippen LogP contribution in [-0.4, -0.2) is 64.5 Å². The second kappa shape index (κ2) is 6.52. The number of cyclic esters (lactones) is 1. The molecule has 2 bridgehead atoms. The first kappa shape index (κ1) is 20.0. The number of rotatable bonds is 2. The lowest BCUT2D eigenvalue weighted by atomic mass is 9.74. The number of carbonyl (C=O) groups is 4. The fraction of sp³-hybridized carbons (Fsp3) is 0.818. The standard InChI is InChI=1S/C22H29NO7/c1-4-21-17-16(12(3)19(26)29-17)14(24)10-13(15-9-11(2)18(25)28-15)23-8-6-5-7-22(21,30-21)20(23)27/h11-13,15-17H,4-10H2,1-3H3/t11-,12-,13-,15-,16-,17+,21-,22+/m0/s1. The van der Waals surface area contributed by atoms with E-state index in [0.29, 0.717) is 25.8 Å². The molecule has 0 aliphatic carbocycles. The average molecular weight is 419 g/mol. The van der Waals surface area contributed by atoms with Crippen molar-refractivity contribution in [3.8, 4) is 0 Å². The van der Waals surface area contributed by atoms with Gasteiger partial charge in [-0.3, -0.25) is 19.2 Å². The quantitative estimate of drug-likeness (QED) is 0.492. The summed E-state index contributed by atoms with van der Waals surface area (Å²) in [5.74, 6) is -2.45. The lowest BCUT2D eigenvalue weighted by Gasteiger charge is -2.35. The molecule has 5 heterocycles. The van der Waals surface area contributed by atoms with Crippen LogP contribution in [0.4, 0.5) is 0 Å². The van der Waals surface area contributed by atoms with Gasteiger partial charge in [0.15, 0.2) is 5.60 Å². The number of Topliss-reactive ketones (excluding diaryl/α,β-unsaturated/α-hetero) is 1. The van der Waals surface area contributed by atoms with Crippen LogP contribution in [0.3, 0.4) is 0 Å². The molecule has 5 fully saturated rings. The molecule has 1 spiro atoms. The topological polar surface area (TPSA) is 103 Å². The summed E-state index contributed by atoms with van der Waals surface area (Å²) < 4.78 is 17.6. The zero-order valence-electron chi connectivity index (χ0n) is 17.7. The molecule has 8 nitrogen and oxygen atoms in total. The molecule has 5 rings (SSSR count). The zero-order chi connectivity index (χ0) is 21.4. The van der Waals surface area contributed by atoms with Gasteiger partial charge >= 0.3 is 11.9 Å². The molecule has 0 aromatic heterocycles. The van der Waals surface area contributed by atoms with Crippen LogP contribution < -0.4 is 0 Å². The third-order valence-electron chi connectivity index (χ3n) is 8.11. The molecule has 0 N–H and O–H groups in total. The van der Waals surface area contributed by atoms with Crippen molar-refractivity contribution in [2.75, 3.05) is 6.54 Å². The zero-order valence-corrected chi connectivity index (χ0v) is 17.7. The van der Waals surface area contributed by atoms with E-state index >= 15 is 0 Å². The van der Waals surface area contributed by atoms with Gasteiger partial charge in [0.2, 0.25) is 0 Å². The monoisotopic (exact) mass is 419 g/mol. The summed E-state index contributed by atoms with van der Waals surface area (Å²) in [6, 6.07) is -0.533. The number of amides is 1. The summed E-state index contributed by atoms with van der Waals surface area (Å²) >= 11 is 0. The molecular weight excluding hydrogens is 390 g/mol. The molecule has 0 radical (unpaired) electrons. The Kier molecular flexibility index (Phi) is 4.34. The van der Waals surface area contributed by atoms with Gasteiger partial charge in [0.1, 0.15) is 23.6 Å². The maximum Gasteiger partial charge on any atom is 0.309 e. The van der Waals surface area contributed by atoms with Gasteiger partial charge in [-0.2, -0.15) is 0 Å². The Morgan fingerprint density at radius 3 is 2.50 bits per heavy atom. The third kappa shape index (κ3) is 2.43. The Labute approximate surface area is 175 Å². The number of ether oxygens (including phenoxy) is 3. The van der Waals surface area contributed by atoms with Crippen molar-refractivity contribution in [3.05, 3.63) is 0 Å². The number of carbonyl (C=O) groups excluding carboxylic acids is 4. The molecule has 0 aromatic carbocycles. The molecule has 5 aliphatic rings. The van der Waals surface area contributed by atoms with Crippen LogP contribution in [0.25, 0.3) is 0 Å². The summed E-state index contributed by atoms with van der Waals surface area (Å²) in [6.45, 7) is 5.95. The van der Waals surface area contributed by atoms with Crippen LogP contribution in [0.15, 0.2) is 0 Å². The summed E-state index contributed by atoms with van der Waals surface area (Å²) in [4.78, 5) is 53.7. The van der Waals surface area contributed by atoms with Gasteiger partial charge in [-0.05, 0) is 32.1 Å². The molecule has 0 saturated carbocycles. The van der Waals surface area contributed by atoms with Gasteiger partial charge in [0.05, 0.1) is 23.8 Å². The normalized spacial score (nSPS) is 48.0. The Hall–Kier alpha value is -1.96. The van der Waals surface area contributed by atoms with Crippen LogP contribution in [0, 0.1) is 17.8 Å². The van der Waals surface area contributed by atoms with Gasteiger partial charge in [-0.15, -0.1) is 0 Å². The van der Waals surface area contributed by atoms with Crippen LogP contribution >= 0.6 is 0 Å². The molecule has 1 amide bonds. The molecule has 8 atom stereocenters. The van der Waals surface area contributed by atoms with Crippen molar-refractivity contribution in [1.82, 2.24) is 4.90 Å². The van der Waals surface area contributed by atoms with E-state index in [2.05, 4.69) is 0 Å². The van der Waals surface area contributed by atoms with Gasteiger partial charge in [0, 0.05) is 13.0 Å². The van der Waals surface area contributed by atoms with Crippen molar-refractivity contribution in [3.63, 3.8) is 0 Å². The maximum atomic E-state index is 13.9. The first-order valence-corrected chi connectivity index (χ1v) is 11.2. The first-order valence-electron chi connectivity index (χ1n) is 11.2. The lowest BCUT2D eigenvalue weighted by molar-refractivity contribution is -0.152. The fourth-order valence-corrected chi connectivity index (χ4v) is 6.36. The maximum absolute atomic E-state index is 13.9. The van der Waals surface area contributed by atoms with Crippen molar-refractivity contribution in [1.29, 1.82) is 0 Å². The molecule has 0 aromatic rings. The Bertz CT molecular complexity index is 826. The molecule has 164 valence electrons. The van der Waals surface area contributed by atoms with E-state index in [-0.39, 0.29) is 30.0 Å². The Morgan fingerprint density at radius 2 is 1.83 bits per heavy atom. The minimum Gasteiger partial charge on any atom is -0.460 e. The second-order valence-electron chi connectivity index (χ2n) is 9.65. The van der Waals surface area contributed by atoms with Crippen LogP contribution in [0.5, 0.6) is 0 Å². The van der Waals surface area contributed by atoms with E-state index in [1.54, 1.807) is 18.7 Å². The van der Waals surface area contributed by atoms with E-state index < -0.39 is 47.3 Å². The van der Waals surface area contributed by atoms with Crippen molar-refractivity contribution < 1.29 is 33.4 Å². The molecule has 5 aliphatic heterocycles. The number of ketones is 1. The largest absolute Gasteiger partial charge is 0.460 e. The first-order chi connectivity index (χ1) is 14.3. The highest BCUT2D eigenvalue weighted by atomic mass is 16.7.